The Balaban J connectivity index is 1.80. The van der Waals surface area contributed by atoms with Gasteiger partial charge in [0.1, 0.15) is 10.4 Å². The Hall–Kier alpha value is -1.46. The molecule has 0 saturated heterocycles. The summed E-state index contributed by atoms with van der Waals surface area (Å²) in [5.74, 6) is -0.887. The molecule has 1 heterocycles. The molecular weight excluding hydrogens is 224 g/mol. The summed E-state index contributed by atoms with van der Waals surface area (Å²) < 4.78 is 0. The van der Waals surface area contributed by atoms with Gasteiger partial charge in [0.25, 0.3) is 0 Å². The molecule has 0 aromatic heterocycles. The molecule has 5 heteroatoms. The largest absolute Gasteiger partial charge is 0.477 e. The SMILES string of the molecule is O=C(O)C1=CNC(NCc2ccccc2)S1. The van der Waals surface area contributed by atoms with Crippen LogP contribution in [0, 0.1) is 0 Å². The Morgan fingerprint density at radius 3 is 2.81 bits per heavy atom. The van der Waals surface area contributed by atoms with Gasteiger partial charge in [0.05, 0.1) is 0 Å². The summed E-state index contributed by atoms with van der Waals surface area (Å²) in [4.78, 5) is 11.0. The van der Waals surface area contributed by atoms with Crippen LogP contribution in [-0.2, 0) is 11.3 Å². The lowest BCUT2D eigenvalue weighted by atomic mass is 10.2. The number of carbonyl (C=O) groups is 1. The first kappa shape index (κ1) is 11.0. The molecule has 2 rings (SSSR count). The molecule has 3 N–H and O–H groups in total. The molecule has 0 aliphatic carbocycles. The van der Waals surface area contributed by atoms with Gasteiger partial charge >= 0.3 is 5.97 Å². The zero-order valence-electron chi connectivity index (χ0n) is 8.51. The van der Waals surface area contributed by atoms with Crippen LogP contribution in [0.25, 0.3) is 0 Å². The molecule has 0 spiro atoms. The average molecular weight is 236 g/mol. The van der Waals surface area contributed by atoms with E-state index in [4.69, 9.17) is 5.11 Å². The maximum atomic E-state index is 10.7. The van der Waals surface area contributed by atoms with Gasteiger partial charge < -0.3 is 10.4 Å². The lowest BCUT2D eigenvalue weighted by molar-refractivity contribution is -0.131. The number of carboxylic acid groups (broad SMARTS) is 1. The molecule has 1 aliphatic heterocycles. The van der Waals surface area contributed by atoms with Crippen molar-refractivity contribution in [2.45, 2.75) is 12.0 Å². The van der Waals surface area contributed by atoms with Crippen LogP contribution < -0.4 is 10.6 Å². The summed E-state index contributed by atoms with van der Waals surface area (Å²) in [6.07, 6.45) is 1.52. The van der Waals surface area contributed by atoms with Crippen molar-refractivity contribution in [3.63, 3.8) is 0 Å². The molecule has 0 amide bonds. The number of hydrogen-bond donors (Lipinski definition) is 3. The Morgan fingerprint density at radius 1 is 1.44 bits per heavy atom. The highest BCUT2D eigenvalue weighted by Crippen LogP contribution is 2.23. The number of hydrogen-bond acceptors (Lipinski definition) is 4. The number of aliphatic carboxylic acids is 1. The van der Waals surface area contributed by atoms with Gasteiger partial charge in [-0.1, -0.05) is 42.1 Å². The zero-order valence-corrected chi connectivity index (χ0v) is 9.33. The predicted molar refractivity (Wildman–Crippen MR) is 63.5 cm³/mol. The fraction of sp³-hybridized carbons (Fsp3) is 0.182. The van der Waals surface area contributed by atoms with Crippen molar-refractivity contribution in [1.29, 1.82) is 0 Å². The van der Waals surface area contributed by atoms with Gasteiger partial charge in [0, 0.05) is 12.7 Å². The monoisotopic (exact) mass is 236 g/mol. The third-order valence-electron chi connectivity index (χ3n) is 2.16. The summed E-state index contributed by atoms with van der Waals surface area (Å²) in [5.41, 5.74) is 1.11. The molecule has 0 bridgehead atoms. The number of carboxylic acids is 1. The fourth-order valence-corrected chi connectivity index (χ4v) is 2.16. The van der Waals surface area contributed by atoms with E-state index in [0.29, 0.717) is 11.4 Å². The van der Waals surface area contributed by atoms with Crippen LogP contribution in [0.15, 0.2) is 41.4 Å². The van der Waals surface area contributed by atoms with Crippen LogP contribution in [0.5, 0.6) is 0 Å². The van der Waals surface area contributed by atoms with E-state index in [2.05, 4.69) is 10.6 Å². The molecule has 16 heavy (non-hydrogen) atoms. The Bertz CT molecular complexity index is 406. The first-order valence-corrected chi connectivity index (χ1v) is 5.77. The van der Waals surface area contributed by atoms with Crippen LogP contribution in [0.3, 0.4) is 0 Å². The summed E-state index contributed by atoms with van der Waals surface area (Å²) in [6.45, 7) is 0.715. The van der Waals surface area contributed by atoms with Crippen LogP contribution in [0.4, 0.5) is 0 Å². The molecule has 0 fully saturated rings. The van der Waals surface area contributed by atoms with Gasteiger partial charge in [-0.15, -0.1) is 0 Å². The normalized spacial score (nSPS) is 19.0. The topological polar surface area (TPSA) is 61.4 Å². The lowest BCUT2D eigenvalue weighted by Gasteiger charge is -2.12. The molecule has 1 atom stereocenters. The minimum absolute atomic E-state index is 0.0636. The Labute approximate surface area is 97.7 Å². The summed E-state index contributed by atoms with van der Waals surface area (Å²) in [7, 11) is 0. The number of benzene rings is 1. The summed E-state index contributed by atoms with van der Waals surface area (Å²) in [5, 5.41) is 14.9. The summed E-state index contributed by atoms with van der Waals surface area (Å²) >= 11 is 1.28. The first-order valence-electron chi connectivity index (χ1n) is 4.89. The molecule has 0 radical (unpaired) electrons. The highest BCUT2D eigenvalue weighted by atomic mass is 32.2. The van der Waals surface area contributed by atoms with Crippen molar-refractivity contribution < 1.29 is 9.90 Å². The minimum Gasteiger partial charge on any atom is -0.477 e. The van der Waals surface area contributed by atoms with Gasteiger partial charge in [-0.05, 0) is 5.56 Å². The Kier molecular flexibility index (Phi) is 3.48. The van der Waals surface area contributed by atoms with Gasteiger partial charge in [-0.2, -0.15) is 0 Å². The van der Waals surface area contributed by atoms with E-state index >= 15 is 0 Å². The van der Waals surface area contributed by atoms with Crippen molar-refractivity contribution in [2.75, 3.05) is 0 Å². The third-order valence-corrected chi connectivity index (χ3v) is 3.24. The quantitative estimate of drug-likeness (QED) is 0.736. The van der Waals surface area contributed by atoms with Crippen molar-refractivity contribution in [1.82, 2.24) is 10.6 Å². The molecule has 1 aliphatic rings. The van der Waals surface area contributed by atoms with E-state index in [0.717, 1.165) is 0 Å². The van der Waals surface area contributed by atoms with E-state index in [-0.39, 0.29) is 5.50 Å². The number of nitrogens with one attached hydrogen (secondary N) is 2. The summed E-state index contributed by atoms with van der Waals surface area (Å²) in [6, 6.07) is 9.98. The van der Waals surface area contributed by atoms with Gasteiger partial charge in [0.2, 0.25) is 0 Å². The fourth-order valence-electron chi connectivity index (χ4n) is 1.37. The van der Waals surface area contributed by atoms with E-state index in [1.165, 1.54) is 23.5 Å². The second-order valence-electron chi connectivity index (χ2n) is 3.34. The standard InChI is InChI=1S/C11H12N2O2S/c14-10(15)9-7-13-11(16-9)12-6-8-4-2-1-3-5-8/h1-5,7,11-13H,6H2,(H,14,15). The van der Waals surface area contributed by atoms with Crippen molar-refractivity contribution in [3.05, 3.63) is 47.0 Å². The molecule has 1 unspecified atom stereocenters. The molecule has 4 nitrogen and oxygen atoms in total. The van der Waals surface area contributed by atoms with Crippen LogP contribution in [0.1, 0.15) is 5.56 Å². The second-order valence-corrected chi connectivity index (χ2v) is 4.49. The number of rotatable bonds is 4. The lowest BCUT2D eigenvalue weighted by Crippen LogP contribution is -2.33. The average Bonchev–Trinajstić information content (AvgIpc) is 2.76. The van der Waals surface area contributed by atoms with Crippen LogP contribution in [0.2, 0.25) is 0 Å². The minimum atomic E-state index is -0.887. The molecule has 84 valence electrons. The van der Waals surface area contributed by atoms with Crippen molar-refractivity contribution in [2.24, 2.45) is 0 Å². The van der Waals surface area contributed by atoms with Gasteiger partial charge in [-0.25, -0.2) is 4.79 Å². The molecular formula is C11H12N2O2S. The predicted octanol–water partition coefficient (Wildman–Crippen LogP) is 1.32. The molecule has 0 saturated carbocycles. The highest BCUT2D eigenvalue weighted by molar-refractivity contribution is 8.04. The van der Waals surface area contributed by atoms with Gasteiger partial charge in [0.15, 0.2) is 0 Å². The first-order chi connectivity index (χ1) is 7.75. The second kappa shape index (κ2) is 5.05. The van der Waals surface area contributed by atoms with Crippen LogP contribution >= 0.6 is 11.8 Å². The molecule has 1 aromatic carbocycles. The van der Waals surface area contributed by atoms with Gasteiger partial charge in [-0.3, -0.25) is 5.32 Å². The van der Waals surface area contributed by atoms with Crippen LogP contribution in [-0.4, -0.2) is 16.6 Å². The van der Waals surface area contributed by atoms with E-state index in [9.17, 15) is 4.79 Å². The van der Waals surface area contributed by atoms with E-state index < -0.39 is 5.97 Å². The van der Waals surface area contributed by atoms with Crippen molar-refractivity contribution in [3.8, 4) is 0 Å². The zero-order chi connectivity index (χ0) is 11.4. The maximum absolute atomic E-state index is 10.7. The third kappa shape index (κ3) is 2.77. The highest BCUT2D eigenvalue weighted by Gasteiger charge is 2.20. The number of thioether (sulfide) groups is 1. The Morgan fingerprint density at radius 2 is 2.19 bits per heavy atom. The van der Waals surface area contributed by atoms with Crippen molar-refractivity contribution >= 4 is 17.7 Å². The maximum Gasteiger partial charge on any atom is 0.343 e. The van der Waals surface area contributed by atoms with E-state index in [1.54, 1.807) is 0 Å². The molecule has 1 aromatic rings. The smallest absolute Gasteiger partial charge is 0.343 e. The van der Waals surface area contributed by atoms with E-state index in [1.807, 2.05) is 30.3 Å².